The molecule has 1 aromatic carbocycles. The van der Waals surface area contributed by atoms with Crippen LogP contribution in [0, 0.1) is 5.82 Å². The molecule has 1 heterocycles. The van der Waals surface area contributed by atoms with Crippen molar-refractivity contribution in [2.24, 2.45) is 5.73 Å². The lowest BCUT2D eigenvalue weighted by Crippen LogP contribution is -2.17. The second-order valence-electron chi connectivity index (χ2n) is 4.08. The first kappa shape index (κ1) is 11.6. The van der Waals surface area contributed by atoms with Crippen molar-refractivity contribution in [2.75, 3.05) is 0 Å². The predicted octanol–water partition coefficient (Wildman–Crippen LogP) is 2.16. The van der Waals surface area contributed by atoms with Gasteiger partial charge in [-0.2, -0.15) is 0 Å². The second kappa shape index (κ2) is 4.18. The van der Waals surface area contributed by atoms with E-state index in [1.807, 2.05) is 0 Å². The molecule has 2 rings (SSSR count). The molecule has 0 saturated carbocycles. The molecule has 0 amide bonds. The number of carbonyl (C=O) groups is 1. The molecule has 1 atom stereocenters. The van der Waals surface area contributed by atoms with Gasteiger partial charge in [0.2, 0.25) is 5.76 Å². The fourth-order valence-corrected chi connectivity index (χ4v) is 1.79. The minimum atomic E-state index is -1.17. The molecule has 1 aromatic heterocycles. The Morgan fingerprint density at radius 2 is 2.24 bits per heavy atom. The van der Waals surface area contributed by atoms with Crippen LogP contribution in [0.25, 0.3) is 11.0 Å². The molecule has 5 heteroatoms. The van der Waals surface area contributed by atoms with E-state index in [9.17, 15) is 9.18 Å². The number of fused-ring (bicyclic) bond motifs is 1. The van der Waals surface area contributed by atoms with Crippen LogP contribution in [0.4, 0.5) is 4.39 Å². The van der Waals surface area contributed by atoms with Crippen LogP contribution < -0.4 is 5.73 Å². The van der Waals surface area contributed by atoms with E-state index in [2.05, 4.69) is 0 Å². The van der Waals surface area contributed by atoms with E-state index in [1.54, 1.807) is 6.92 Å². The Hall–Kier alpha value is -1.88. The number of rotatable bonds is 3. The second-order valence-corrected chi connectivity index (χ2v) is 4.08. The highest BCUT2D eigenvalue weighted by molar-refractivity contribution is 5.92. The summed E-state index contributed by atoms with van der Waals surface area (Å²) in [6.07, 6.45) is 0.431. The molecule has 3 N–H and O–H groups in total. The number of benzene rings is 1. The third kappa shape index (κ3) is 2.29. The zero-order chi connectivity index (χ0) is 12.6. The lowest BCUT2D eigenvalue weighted by atomic mass is 10.1. The van der Waals surface area contributed by atoms with E-state index in [-0.39, 0.29) is 11.8 Å². The van der Waals surface area contributed by atoms with Crippen molar-refractivity contribution in [1.82, 2.24) is 0 Å². The van der Waals surface area contributed by atoms with Gasteiger partial charge in [0.1, 0.15) is 11.4 Å². The number of hydrogen-bond donors (Lipinski definition) is 2. The lowest BCUT2D eigenvalue weighted by molar-refractivity contribution is 0.0665. The zero-order valence-electron chi connectivity index (χ0n) is 9.24. The van der Waals surface area contributed by atoms with Gasteiger partial charge in [-0.3, -0.25) is 0 Å². The standard InChI is InChI=1S/C12H12FNO3/c1-6(14)2-7-3-9(13)4-8-5-10(12(15)16)17-11(7)8/h3-6H,2,14H2,1H3,(H,15,16). The van der Waals surface area contributed by atoms with Crippen LogP contribution in [0.1, 0.15) is 23.0 Å². The van der Waals surface area contributed by atoms with Crippen LogP contribution in [0.3, 0.4) is 0 Å². The fraction of sp³-hybridized carbons (Fsp3) is 0.250. The van der Waals surface area contributed by atoms with Crippen molar-refractivity contribution in [3.63, 3.8) is 0 Å². The minimum absolute atomic E-state index is 0.154. The normalized spacial score (nSPS) is 12.9. The first-order chi connectivity index (χ1) is 7.97. The number of halogens is 1. The number of carboxylic acids is 1. The maximum atomic E-state index is 13.3. The molecule has 90 valence electrons. The predicted molar refractivity (Wildman–Crippen MR) is 60.5 cm³/mol. The summed E-state index contributed by atoms with van der Waals surface area (Å²) in [7, 11) is 0. The number of furan rings is 1. The first-order valence-corrected chi connectivity index (χ1v) is 5.18. The largest absolute Gasteiger partial charge is 0.475 e. The molecule has 0 aliphatic carbocycles. The van der Waals surface area contributed by atoms with Crippen molar-refractivity contribution in [3.8, 4) is 0 Å². The lowest BCUT2D eigenvalue weighted by Gasteiger charge is -2.05. The summed E-state index contributed by atoms with van der Waals surface area (Å²) in [4.78, 5) is 10.8. The number of hydrogen-bond acceptors (Lipinski definition) is 3. The van der Waals surface area contributed by atoms with Gasteiger partial charge in [-0.05, 0) is 37.1 Å². The average molecular weight is 237 g/mol. The first-order valence-electron chi connectivity index (χ1n) is 5.18. The van der Waals surface area contributed by atoms with E-state index in [4.69, 9.17) is 15.3 Å². The topological polar surface area (TPSA) is 76.5 Å². The number of nitrogens with two attached hydrogens (primary N) is 1. The Labute approximate surface area is 96.8 Å². The summed E-state index contributed by atoms with van der Waals surface area (Å²) < 4.78 is 18.5. The molecule has 17 heavy (non-hydrogen) atoms. The summed E-state index contributed by atoms with van der Waals surface area (Å²) >= 11 is 0. The smallest absolute Gasteiger partial charge is 0.371 e. The quantitative estimate of drug-likeness (QED) is 0.857. The molecule has 4 nitrogen and oxygen atoms in total. The third-order valence-corrected chi connectivity index (χ3v) is 2.41. The Morgan fingerprint density at radius 1 is 1.53 bits per heavy atom. The van der Waals surface area contributed by atoms with Crippen molar-refractivity contribution in [2.45, 2.75) is 19.4 Å². The zero-order valence-corrected chi connectivity index (χ0v) is 9.24. The van der Waals surface area contributed by atoms with Crippen LogP contribution in [0.2, 0.25) is 0 Å². The van der Waals surface area contributed by atoms with Gasteiger partial charge in [0, 0.05) is 11.4 Å². The maximum Gasteiger partial charge on any atom is 0.371 e. The Kier molecular flexibility index (Phi) is 2.85. The molecule has 0 spiro atoms. The van der Waals surface area contributed by atoms with Crippen molar-refractivity contribution in [3.05, 3.63) is 35.3 Å². The van der Waals surface area contributed by atoms with Crippen LogP contribution in [0.5, 0.6) is 0 Å². The molecule has 0 radical (unpaired) electrons. The minimum Gasteiger partial charge on any atom is -0.475 e. The van der Waals surface area contributed by atoms with Gasteiger partial charge in [0.15, 0.2) is 0 Å². The molecule has 0 bridgehead atoms. The van der Waals surface area contributed by atoms with Gasteiger partial charge in [0.05, 0.1) is 0 Å². The molecular formula is C12H12FNO3. The molecule has 0 fully saturated rings. The summed E-state index contributed by atoms with van der Waals surface area (Å²) in [5.74, 6) is -1.80. The summed E-state index contributed by atoms with van der Waals surface area (Å²) in [5, 5.41) is 9.26. The molecular weight excluding hydrogens is 225 g/mol. The number of aromatic carboxylic acids is 1. The van der Waals surface area contributed by atoms with E-state index < -0.39 is 11.8 Å². The highest BCUT2D eigenvalue weighted by Gasteiger charge is 2.15. The monoisotopic (exact) mass is 237 g/mol. The average Bonchev–Trinajstić information content (AvgIpc) is 2.60. The van der Waals surface area contributed by atoms with Crippen molar-refractivity contribution in [1.29, 1.82) is 0 Å². The summed E-state index contributed by atoms with van der Waals surface area (Å²) in [6, 6.07) is 3.72. The van der Waals surface area contributed by atoms with Crippen molar-refractivity contribution >= 4 is 16.9 Å². The summed E-state index contributed by atoms with van der Waals surface area (Å²) in [5.41, 5.74) is 6.63. The SMILES string of the molecule is CC(N)Cc1cc(F)cc2cc(C(=O)O)oc12. The van der Waals surface area contributed by atoms with E-state index in [0.29, 0.717) is 23.0 Å². The Balaban J connectivity index is 2.61. The molecule has 2 aromatic rings. The van der Waals surface area contributed by atoms with Crippen LogP contribution in [-0.4, -0.2) is 17.1 Å². The number of carboxylic acid groups (broad SMARTS) is 1. The van der Waals surface area contributed by atoms with Crippen LogP contribution in [0.15, 0.2) is 22.6 Å². The molecule has 0 aliphatic rings. The fourth-order valence-electron chi connectivity index (χ4n) is 1.79. The Morgan fingerprint density at radius 3 is 2.82 bits per heavy atom. The van der Waals surface area contributed by atoms with Gasteiger partial charge in [-0.25, -0.2) is 9.18 Å². The van der Waals surface area contributed by atoms with Crippen LogP contribution in [-0.2, 0) is 6.42 Å². The Bertz CT molecular complexity index is 574. The van der Waals surface area contributed by atoms with Gasteiger partial charge < -0.3 is 15.3 Å². The maximum absolute atomic E-state index is 13.3. The van der Waals surface area contributed by atoms with Crippen molar-refractivity contribution < 1.29 is 18.7 Å². The molecule has 1 unspecified atom stereocenters. The highest BCUT2D eigenvalue weighted by atomic mass is 19.1. The summed E-state index contributed by atoms with van der Waals surface area (Å²) in [6.45, 7) is 1.79. The van der Waals surface area contributed by atoms with Gasteiger partial charge in [0.25, 0.3) is 0 Å². The van der Waals surface area contributed by atoms with Gasteiger partial charge in [-0.15, -0.1) is 0 Å². The third-order valence-electron chi connectivity index (χ3n) is 2.41. The van der Waals surface area contributed by atoms with Crippen LogP contribution >= 0.6 is 0 Å². The molecule has 0 aliphatic heterocycles. The van der Waals surface area contributed by atoms with E-state index in [1.165, 1.54) is 18.2 Å². The highest BCUT2D eigenvalue weighted by Crippen LogP contribution is 2.25. The van der Waals surface area contributed by atoms with Gasteiger partial charge >= 0.3 is 5.97 Å². The van der Waals surface area contributed by atoms with E-state index in [0.717, 1.165) is 0 Å². The molecule has 0 saturated heterocycles. The van der Waals surface area contributed by atoms with Gasteiger partial charge in [-0.1, -0.05) is 0 Å². The van der Waals surface area contributed by atoms with E-state index >= 15 is 0 Å².